The van der Waals surface area contributed by atoms with Crippen molar-refractivity contribution in [3.05, 3.63) is 103 Å². The van der Waals surface area contributed by atoms with Gasteiger partial charge in [0.05, 0.1) is 29.7 Å². The van der Waals surface area contributed by atoms with Crippen LogP contribution in [0, 0.1) is 6.92 Å². The second kappa shape index (κ2) is 10.6. The molecular formula is C30H28ClNO6. The van der Waals surface area contributed by atoms with Crippen LogP contribution < -0.4 is 10.7 Å². The maximum atomic E-state index is 13.8. The molecule has 3 aromatic rings. The molecular weight excluding hydrogens is 506 g/mol. The zero-order chi connectivity index (χ0) is 27.0. The van der Waals surface area contributed by atoms with Crippen molar-refractivity contribution < 1.29 is 23.5 Å². The molecule has 2 aromatic carbocycles. The number of allylic oxidation sites excluding steroid dienone is 3. The zero-order valence-corrected chi connectivity index (χ0v) is 22.2. The summed E-state index contributed by atoms with van der Waals surface area (Å²) in [5, 5.41) is 4.28. The highest BCUT2D eigenvalue weighted by molar-refractivity contribution is 6.31. The minimum absolute atomic E-state index is 0.0405. The van der Waals surface area contributed by atoms with Gasteiger partial charge >= 0.3 is 5.97 Å². The number of benzene rings is 2. The van der Waals surface area contributed by atoms with Gasteiger partial charge in [-0.3, -0.25) is 9.59 Å². The van der Waals surface area contributed by atoms with Gasteiger partial charge in [-0.2, -0.15) is 0 Å². The highest BCUT2D eigenvalue weighted by Gasteiger charge is 2.43. The van der Waals surface area contributed by atoms with E-state index in [-0.39, 0.29) is 47.9 Å². The van der Waals surface area contributed by atoms with Crippen molar-refractivity contribution in [1.82, 2.24) is 5.32 Å². The molecule has 1 aromatic heterocycles. The molecule has 2 aliphatic rings. The molecule has 1 N–H and O–H groups in total. The lowest BCUT2D eigenvalue weighted by atomic mass is 9.72. The number of Topliss-reactive ketones (excluding diaryl/α,β-unsaturated/α-hetero) is 1. The number of carbonyl (C=O) groups excluding carboxylic acids is 2. The lowest BCUT2D eigenvalue weighted by Gasteiger charge is -2.36. The first-order valence-electron chi connectivity index (χ1n) is 12.5. The number of rotatable bonds is 6. The highest BCUT2D eigenvalue weighted by atomic mass is 35.5. The predicted molar refractivity (Wildman–Crippen MR) is 144 cm³/mol. The third-order valence-corrected chi connectivity index (χ3v) is 7.52. The lowest BCUT2D eigenvalue weighted by molar-refractivity contribution is -0.140. The molecule has 196 valence electrons. The molecule has 0 saturated carbocycles. The molecule has 0 bridgehead atoms. The van der Waals surface area contributed by atoms with Gasteiger partial charge < -0.3 is 19.2 Å². The van der Waals surface area contributed by atoms with Crippen LogP contribution in [0.1, 0.15) is 48.3 Å². The number of nitrogens with one attached hydrogen (secondary N) is 1. The molecule has 0 unspecified atom stereocenters. The summed E-state index contributed by atoms with van der Waals surface area (Å²) in [4.78, 5) is 41.0. The number of dihydropyridines is 1. The first kappa shape index (κ1) is 25.9. The van der Waals surface area contributed by atoms with Gasteiger partial charge in [0.2, 0.25) is 0 Å². The van der Waals surface area contributed by atoms with Crippen LogP contribution in [0.4, 0.5) is 0 Å². The van der Waals surface area contributed by atoms with Crippen molar-refractivity contribution in [2.45, 2.75) is 38.5 Å². The van der Waals surface area contributed by atoms with Gasteiger partial charge in [0.25, 0.3) is 0 Å². The Hall–Kier alpha value is -3.68. The monoisotopic (exact) mass is 533 g/mol. The fourth-order valence-corrected chi connectivity index (χ4v) is 5.69. The van der Waals surface area contributed by atoms with E-state index in [1.807, 2.05) is 37.3 Å². The van der Waals surface area contributed by atoms with Crippen molar-refractivity contribution in [2.75, 3.05) is 20.3 Å². The molecule has 2 atom stereocenters. The zero-order valence-electron chi connectivity index (χ0n) is 21.4. The van der Waals surface area contributed by atoms with Crippen LogP contribution in [-0.2, 0) is 19.1 Å². The van der Waals surface area contributed by atoms with Crippen LogP contribution in [0.2, 0.25) is 5.02 Å². The van der Waals surface area contributed by atoms with Gasteiger partial charge in [-0.15, -0.1) is 0 Å². The number of fused-ring (bicyclic) bond motifs is 1. The summed E-state index contributed by atoms with van der Waals surface area (Å²) in [5.41, 5.74) is 3.95. The molecule has 5 rings (SSSR count). The van der Waals surface area contributed by atoms with E-state index < -0.39 is 11.9 Å². The first-order valence-corrected chi connectivity index (χ1v) is 12.8. The molecule has 0 fully saturated rings. The third kappa shape index (κ3) is 4.68. The number of ether oxygens (including phenoxy) is 2. The molecule has 1 aliphatic carbocycles. The number of ketones is 1. The van der Waals surface area contributed by atoms with Crippen LogP contribution in [0.5, 0.6) is 0 Å². The minimum Gasteiger partial charge on any atom is -0.464 e. The summed E-state index contributed by atoms with van der Waals surface area (Å²) in [6, 6.07) is 12.8. The SMILES string of the molecule is COCCOC(=O)C1=C(C)NC2=C(C(=O)C[C@H](c3ccccc3Cl)C2)[C@H]1c1coc2ccc(C)cc2c1=O. The van der Waals surface area contributed by atoms with Crippen LogP contribution in [0.25, 0.3) is 11.0 Å². The van der Waals surface area contributed by atoms with Crippen LogP contribution >= 0.6 is 11.6 Å². The van der Waals surface area contributed by atoms with Gasteiger partial charge in [-0.1, -0.05) is 41.4 Å². The molecule has 0 spiro atoms. The number of hydrogen-bond donors (Lipinski definition) is 1. The van der Waals surface area contributed by atoms with Crippen molar-refractivity contribution in [1.29, 1.82) is 0 Å². The van der Waals surface area contributed by atoms with E-state index in [1.165, 1.54) is 13.4 Å². The van der Waals surface area contributed by atoms with Crippen LogP contribution in [0.3, 0.4) is 0 Å². The Balaban J connectivity index is 1.66. The second-order valence-corrected chi connectivity index (χ2v) is 10.1. The normalized spacial score (nSPS) is 19.4. The Morgan fingerprint density at radius 2 is 1.87 bits per heavy atom. The van der Waals surface area contributed by atoms with E-state index in [2.05, 4.69) is 5.32 Å². The number of hydrogen-bond acceptors (Lipinski definition) is 7. The van der Waals surface area contributed by atoms with Crippen molar-refractivity contribution in [3.63, 3.8) is 0 Å². The van der Waals surface area contributed by atoms with Gasteiger partial charge in [0.15, 0.2) is 11.2 Å². The van der Waals surface area contributed by atoms with Crippen molar-refractivity contribution >= 4 is 34.3 Å². The van der Waals surface area contributed by atoms with Crippen molar-refractivity contribution in [3.8, 4) is 0 Å². The molecule has 7 nitrogen and oxygen atoms in total. The van der Waals surface area contributed by atoms with Gasteiger partial charge in [-0.05, 0) is 49.9 Å². The Bertz CT molecular complexity index is 1570. The quantitative estimate of drug-likeness (QED) is 0.339. The molecule has 8 heteroatoms. The molecule has 38 heavy (non-hydrogen) atoms. The summed E-state index contributed by atoms with van der Waals surface area (Å²) in [7, 11) is 1.51. The minimum atomic E-state index is -0.929. The van der Waals surface area contributed by atoms with E-state index in [4.69, 9.17) is 25.5 Å². The Kier molecular flexibility index (Phi) is 7.23. The number of esters is 1. The summed E-state index contributed by atoms with van der Waals surface area (Å²) < 4.78 is 16.3. The molecule has 2 heterocycles. The molecule has 0 radical (unpaired) electrons. The molecule has 1 aliphatic heterocycles. The Morgan fingerprint density at radius 3 is 2.63 bits per heavy atom. The maximum Gasteiger partial charge on any atom is 0.336 e. The second-order valence-electron chi connectivity index (χ2n) is 9.69. The van der Waals surface area contributed by atoms with Gasteiger partial charge in [0, 0.05) is 41.1 Å². The van der Waals surface area contributed by atoms with E-state index in [1.54, 1.807) is 19.1 Å². The predicted octanol–water partition coefficient (Wildman–Crippen LogP) is 5.31. The fraction of sp³-hybridized carbons (Fsp3) is 0.300. The average Bonchev–Trinajstić information content (AvgIpc) is 2.89. The number of carbonyl (C=O) groups is 2. The molecule has 0 saturated heterocycles. The standard InChI is InChI=1S/C30H28ClNO6/c1-16-8-9-25-20(12-16)29(34)21(15-38-25)27-26(30(35)37-11-10-36-3)17(2)32-23-13-18(14-24(33)28(23)27)19-6-4-5-7-22(19)31/h4-9,12,15,18,27,32H,10-11,13-14H2,1-3H3/t18-,27+/m1/s1. The number of aryl methyl sites for hydroxylation is 1. The van der Waals surface area contributed by atoms with Gasteiger partial charge in [0.1, 0.15) is 12.2 Å². The van der Waals surface area contributed by atoms with E-state index in [0.717, 1.165) is 11.1 Å². The topological polar surface area (TPSA) is 94.8 Å². The summed E-state index contributed by atoms with van der Waals surface area (Å²) in [6.45, 7) is 3.90. The first-order chi connectivity index (χ1) is 18.3. The molecule has 0 amide bonds. The smallest absolute Gasteiger partial charge is 0.336 e. The Morgan fingerprint density at radius 1 is 1.08 bits per heavy atom. The van der Waals surface area contributed by atoms with Gasteiger partial charge in [-0.25, -0.2) is 4.79 Å². The van der Waals surface area contributed by atoms with E-state index >= 15 is 0 Å². The van der Waals surface area contributed by atoms with Crippen LogP contribution in [-0.4, -0.2) is 32.1 Å². The van der Waals surface area contributed by atoms with Crippen LogP contribution in [0.15, 0.2) is 80.5 Å². The maximum absolute atomic E-state index is 13.8. The third-order valence-electron chi connectivity index (χ3n) is 7.18. The van der Waals surface area contributed by atoms with E-state index in [9.17, 15) is 14.4 Å². The number of halogens is 1. The average molecular weight is 534 g/mol. The highest BCUT2D eigenvalue weighted by Crippen LogP contribution is 2.46. The fourth-order valence-electron chi connectivity index (χ4n) is 5.40. The van der Waals surface area contributed by atoms with Crippen molar-refractivity contribution in [2.24, 2.45) is 0 Å². The number of methoxy groups -OCH3 is 1. The Labute approximate surface area is 225 Å². The largest absolute Gasteiger partial charge is 0.464 e. The van der Waals surface area contributed by atoms with E-state index in [0.29, 0.717) is 39.4 Å². The summed E-state index contributed by atoms with van der Waals surface area (Å²) in [6.07, 6.45) is 2.07. The lowest BCUT2D eigenvalue weighted by Crippen LogP contribution is -2.37. The summed E-state index contributed by atoms with van der Waals surface area (Å²) >= 11 is 6.47. The summed E-state index contributed by atoms with van der Waals surface area (Å²) in [5.74, 6) is -1.84.